The van der Waals surface area contributed by atoms with Crippen LogP contribution < -0.4 is 9.47 Å². The van der Waals surface area contributed by atoms with Crippen LogP contribution in [0.4, 0.5) is 4.39 Å². The maximum absolute atomic E-state index is 14.1. The average molecular weight is 327 g/mol. The fourth-order valence-electron chi connectivity index (χ4n) is 3.04. The number of ether oxygens (including phenoxy) is 2. The van der Waals surface area contributed by atoms with E-state index < -0.39 is 0 Å². The number of benzene rings is 2. The molecule has 1 heterocycles. The SMILES string of the molecule is COc1ccc(-c2cc(F)cc3c2O[C@@H](CN=[N+]=[N-])CC3)c(C)c1. The molecule has 3 rings (SSSR count). The van der Waals surface area contributed by atoms with Gasteiger partial charge in [-0.05, 0) is 66.3 Å². The highest BCUT2D eigenvalue weighted by Crippen LogP contribution is 2.40. The summed E-state index contributed by atoms with van der Waals surface area (Å²) >= 11 is 0. The molecule has 0 radical (unpaired) electrons. The zero-order valence-electron chi connectivity index (χ0n) is 13.6. The molecular formula is C18H18FN3O2. The van der Waals surface area contributed by atoms with Gasteiger partial charge in [0, 0.05) is 10.5 Å². The first-order valence-corrected chi connectivity index (χ1v) is 7.77. The third-order valence-electron chi connectivity index (χ3n) is 4.22. The molecule has 0 bridgehead atoms. The van der Waals surface area contributed by atoms with E-state index >= 15 is 0 Å². The van der Waals surface area contributed by atoms with Crippen LogP contribution in [0.2, 0.25) is 0 Å². The number of rotatable bonds is 4. The Labute approximate surface area is 139 Å². The Bertz CT molecular complexity index is 816. The maximum Gasteiger partial charge on any atom is 0.130 e. The van der Waals surface area contributed by atoms with Gasteiger partial charge in [0.1, 0.15) is 23.4 Å². The Morgan fingerprint density at radius 1 is 1.33 bits per heavy atom. The maximum atomic E-state index is 14.1. The summed E-state index contributed by atoms with van der Waals surface area (Å²) in [5.74, 6) is 1.15. The number of hydrogen-bond donors (Lipinski definition) is 0. The van der Waals surface area contributed by atoms with Gasteiger partial charge in [0.2, 0.25) is 0 Å². The first kappa shape index (κ1) is 16.1. The quantitative estimate of drug-likeness (QED) is 0.459. The van der Waals surface area contributed by atoms with Crippen LogP contribution in [-0.2, 0) is 6.42 Å². The van der Waals surface area contributed by atoms with Crippen LogP contribution in [0.5, 0.6) is 11.5 Å². The second-order valence-corrected chi connectivity index (χ2v) is 5.81. The normalized spacial score (nSPS) is 15.9. The Morgan fingerprint density at radius 2 is 2.17 bits per heavy atom. The molecule has 0 spiro atoms. The van der Waals surface area contributed by atoms with Gasteiger partial charge in [-0.15, -0.1) is 0 Å². The molecule has 1 aliphatic heterocycles. The summed E-state index contributed by atoms with van der Waals surface area (Å²) in [7, 11) is 1.61. The minimum Gasteiger partial charge on any atom is -0.497 e. The number of methoxy groups -OCH3 is 1. The molecule has 0 N–H and O–H groups in total. The third kappa shape index (κ3) is 3.14. The van der Waals surface area contributed by atoms with Crippen molar-refractivity contribution in [3.05, 3.63) is 57.7 Å². The van der Waals surface area contributed by atoms with Crippen molar-refractivity contribution in [3.63, 3.8) is 0 Å². The number of hydrogen-bond acceptors (Lipinski definition) is 3. The zero-order chi connectivity index (χ0) is 17.1. The van der Waals surface area contributed by atoms with Gasteiger partial charge in [0.25, 0.3) is 0 Å². The van der Waals surface area contributed by atoms with Crippen LogP contribution in [-0.4, -0.2) is 19.8 Å². The van der Waals surface area contributed by atoms with Crippen molar-refractivity contribution in [2.45, 2.75) is 25.9 Å². The molecule has 0 saturated heterocycles. The van der Waals surface area contributed by atoms with E-state index in [0.717, 1.165) is 28.0 Å². The lowest BCUT2D eigenvalue weighted by Gasteiger charge is -2.27. The average Bonchev–Trinajstić information content (AvgIpc) is 2.59. The highest BCUT2D eigenvalue weighted by atomic mass is 19.1. The summed E-state index contributed by atoms with van der Waals surface area (Å²) in [6.07, 6.45) is 1.22. The Balaban J connectivity index is 2.06. The van der Waals surface area contributed by atoms with Gasteiger partial charge in [-0.1, -0.05) is 11.2 Å². The number of aryl methyl sites for hydroxylation is 2. The van der Waals surface area contributed by atoms with Crippen LogP contribution in [0.15, 0.2) is 35.4 Å². The molecule has 0 aliphatic carbocycles. The van der Waals surface area contributed by atoms with Gasteiger partial charge in [0.15, 0.2) is 0 Å². The molecule has 0 aromatic heterocycles. The predicted octanol–water partition coefficient (Wildman–Crippen LogP) is 4.81. The van der Waals surface area contributed by atoms with Gasteiger partial charge >= 0.3 is 0 Å². The molecule has 0 saturated carbocycles. The molecule has 6 heteroatoms. The Kier molecular flexibility index (Phi) is 4.58. The van der Waals surface area contributed by atoms with E-state index in [1.54, 1.807) is 7.11 Å². The molecule has 24 heavy (non-hydrogen) atoms. The topological polar surface area (TPSA) is 67.2 Å². The van der Waals surface area contributed by atoms with E-state index in [2.05, 4.69) is 10.0 Å². The summed E-state index contributed by atoms with van der Waals surface area (Å²) in [6, 6.07) is 8.67. The Morgan fingerprint density at radius 3 is 2.88 bits per heavy atom. The predicted molar refractivity (Wildman–Crippen MR) is 89.9 cm³/mol. The van der Waals surface area contributed by atoms with E-state index in [9.17, 15) is 4.39 Å². The molecule has 1 atom stereocenters. The molecule has 2 aromatic carbocycles. The molecule has 1 aliphatic rings. The summed E-state index contributed by atoms with van der Waals surface area (Å²) in [4.78, 5) is 2.78. The van der Waals surface area contributed by atoms with Gasteiger partial charge in [-0.2, -0.15) is 0 Å². The standard InChI is InChI=1S/C18H18FN3O2/c1-11-7-14(23-2)5-6-16(11)17-9-13(19)8-12-3-4-15(10-21-22-20)24-18(12)17/h5-9,15H,3-4,10H2,1-2H3/t15-/m1/s1. The number of nitrogens with zero attached hydrogens (tertiary/aromatic N) is 3. The highest BCUT2D eigenvalue weighted by molar-refractivity contribution is 5.75. The van der Waals surface area contributed by atoms with Crippen molar-refractivity contribution < 1.29 is 13.9 Å². The molecule has 0 unspecified atom stereocenters. The van der Waals surface area contributed by atoms with Crippen molar-refractivity contribution >= 4 is 0 Å². The lowest BCUT2D eigenvalue weighted by atomic mass is 9.93. The number of halogens is 1. The van der Waals surface area contributed by atoms with Gasteiger partial charge < -0.3 is 9.47 Å². The van der Waals surface area contributed by atoms with E-state index in [1.165, 1.54) is 12.1 Å². The van der Waals surface area contributed by atoms with Gasteiger partial charge in [-0.25, -0.2) is 4.39 Å². The van der Waals surface area contributed by atoms with Crippen molar-refractivity contribution in [1.29, 1.82) is 0 Å². The summed E-state index contributed by atoms with van der Waals surface area (Å²) in [5, 5.41) is 3.59. The fourth-order valence-corrected chi connectivity index (χ4v) is 3.04. The first-order valence-electron chi connectivity index (χ1n) is 7.77. The van der Waals surface area contributed by atoms with Gasteiger partial charge in [0.05, 0.1) is 13.7 Å². The highest BCUT2D eigenvalue weighted by Gasteiger charge is 2.24. The zero-order valence-corrected chi connectivity index (χ0v) is 13.6. The summed E-state index contributed by atoms with van der Waals surface area (Å²) < 4.78 is 25.3. The van der Waals surface area contributed by atoms with Crippen molar-refractivity contribution in [2.24, 2.45) is 5.11 Å². The first-order chi connectivity index (χ1) is 11.6. The van der Waals surface area contributed by atoms with E-state index in [-0.39, 0.29) is 18.5 Å². The van der Waals surface area contributed by atoms with E-state index in [4.69, 9.17) is 15.0 Å². The van der Waals surface area contributed by atoms with Crippen LogP contribution >= 0.6 is 0 Å². The lowest BCUT2D eigenvalue weighted by Crippen LogP contribution is -2.26. The monoisotopic (exact) mass is 327 g/mol. The minimum absolute atomic E-state index is 0.184. The molecule has 0 amide bonds. The summed E-state index contributed by atoms with van der Waals surface area (Å²) in [6.45, 7) is 2.23. The Hall–Kier alpha value is -2.72. The second kappa shape index (κ2) is 6.81. The molecule has 2 aromatic rings. The van der Waals surface area contributed by atoms with Crippen LogP contribution in [0, 0.1) is 12.7 Å². The minimum atomic E-state index is -0.281. The van der Waals surface area contributed by atoms with Crippen LogP contribution in [0.1, 0.15) is 17.5 Å². The number of fused-ring (bicyclic) bond motifs is 1. The second-order valence-electron chi connectivity index (χ2n) is 5.81. The van der Waals surface area contributed by atoms with Crippen molar-refractivity contribution in [3.8, 4) is 22.6 Å². The van der Waals surface area contributed by atoms with E-state index in [0.29, 0.717) is 18.6 Å². The summed E-state index contributed by atoms with van der Waals surface area (Å²) in [5.41, 5.74) is 11.9. The smallest absolute Gasteiger partial charge is 0.130 e. The third-order valence-corrected chi connectivity index (χ3v) is 4.22. The largest absolute Gasteiger partial charge is 0.497 e. The lowest BCUT2D eigenvalue weighted by molar-refractivity contribution is 0.182. The fraction of sp³-hybridized carbons (Fsp3) is 0.333. The molecule has 0 fully saturated rings. The van der Waals surface area contributed by atoms with E-state index in [1.807, 2.05) is 25.1 Å². The number of azide groups is 1. The van der Waals surface area contributed by atoms with Crippen LogP contribution in [0.3, 0.4) is 0 Å². The molecule has 124 valence electrons. The molecular weight excluding hydrogens is 309 g/mol. The van der Waals surface area contributed by atoms with Crippen molar-refractivity contribution in [1.82, 2.24) is 0 Å². The van der Waals surface area contributed by atoms with Crippen molar-refractivity contribution in [2.75, 3.05) is 13.7 Å². The molecule has 5 nitrogen and oxygen atoms in total. The van der Waals surface area contributed by atoms with Crippen LogP contribution in [0.25, 0.3) is 21.6 Å². The van der Waals surface area contributed by atoms with Gasteiger partial charge in [-0.3, -0.25) is 0 Å².